The zero-order valence-electron chi connectivity index (χ0n) is 13.2. The molecule has 1 aliphatic rings. The Morgan fingerprint density at radius 2 is 1.52 bits per heavy atom. The van der Waals surface area contributed by atoms with Crippen LogP contribution in [0.5, 0.6) is 0 Å². The maximum atomic E-state index is 13.3. The van der Waals surface area contributed by atoms with Crippen LogP contribution in [0.15, 0.2) is 48.5 Å². The van der Waals surface area contributed by atoms with Gasteiger partial charge >= 0.3 is 0 Å². The van der Waals surface area contributed by atoms with Gasteiger partial charge in [-0.15, -0.1) is 0 Å². The molecule has 0 fully saturated rings. The first kappa shape index (κ1) is 14.9. The highest BCUT2D eigenvalue weighted by Gasteiger charge is 2.29. The summed E-state index contributed by atoms with van der Waals surface area (Å²) in [7, 11) is 0. The molecule has 118 valence electrons. The minimum atomic E-state index is -0.344. The van der Waals surface area contributed by atoms with Gasteiger partial charge < -0.3 is 5.73 Å². The van der Waals surface area contributed by atoms with Crippen LogP contribution in [0.1, 0.15) is 22.3 Å². The average molecular weight is 325 g/mol. The van der Waals surface area contributed by atoms with Gasteiger partial charge in [-0.3, -0.25) is 0 Å². The Kier molecular flexibility index (Phi) is 3.27. The summed E-state index contributed by atoms with van der Waals surface area (Å²) in [5, 5.41) is 19.3. The molecule has 4 rings (SSSR count). The molecule has 0 saturated heterocycles. The first-order valence-corrected chi connectivity index (χ1v) is 7.78. The van der Waals surface area contributed by atoms with E-state index in [1.54, 1.807) is 12.1 Å². The van der Waals surface area contributed by atoms with E-state index >= 15 is 0 Å². The Morgan fingerprint density at radius 3 is 2.20 bits per heavy atom. The zero-order valence-corrected chi connectivity index (χ0v) is 13.2. The van der Waals surface area contributed by atoms with Gasteiger partial charge in [0.25, 0.3) is 0 Å². The van der Waals surface area contributed by atoms with E-state index in [-0.39, 0.29) is 17.1 Å². The highest BCUT2D eigenvalue weighted by Crippen LogP contribution is 2.47. The number of hydrogen-bond acceptors (Lipinski definition) is 3. The summed E-state index contributed by atoms with van der Waals surface area (Å²) in [6.07, 6.45) is 0.613. The van der Waals surface area contributed by atoms with Crippen molar-refractivity contribution in [3.05, 3.63) is 76.6 Å². The lowest BCUT2D eigenvalue weighted by Gasteiger charge is -2.16. The molecule has 0 heterocycles. The van der Waals surface area contributed by atoms with Crippen molar-refractivity contribution in [2.45, 2.75) is 6.42 Å². The summed E-state index contributed by atoms with van der Waals surface area (Å²) < 4.78 is 13.3. The Bertz CT molecular complexity index is 1100. The van der Waals surface area contributed by atoms with Gasteiger partial charge in [0.2, 0.25) is 0 Å². The summed E-state index contributed by atoms with van der Waals surface area (Å²) in [5.74, 6) is -0.344. The first-order chi connectivity index (χ1) is 12.2. The first-order valence-electron chi connectivity index (χ1n) is 7.78. The Hall–Kier alpha value is -3.63. The number of rotatable bonds is 1. The van der Waals surface area contributed by atoms with E-state index < -0.39 is 0 Å². The molecule has 0 saturated carbocycles. The van der Waals surface area contributed by atoms with Gasteiger partial charge in [-0.25, -0.2) is 4.39 Å². The van der Waals surface area contributed by atoms with Crippen molar-refractivity contribution >= 4 is 5.69 Å². The molecule has 3 nitrogen and oxygen atoms in total. The van der Waals surface area contributed by atoms with Crippen molar-refractivity contribution in [2.75, 3.05) is 5.73 Å². The molecule has 0 aromatic heterocycles. The van der Waals surface area contributed by atoms with Crippen LogP contribution in [0.2, 0.25) is 0 Å². The molecular formula is C21H12FN3. The smallest absolute Gasteiger partial charge is 0.123 e. The minimum absolute atomic E-state index is 0.180. The molecule has 0 amide bonds. The van der Waals surface area contributed by atoms with Gasteiger partial charge in [0.05, 0.1) is 16.8 Å². The number of nitriles is 2. The van der Waals surface area contributed by atoms with Crippen molar-refractivity contribution in [2.24, 2.45) is 0 Å². The molecule has 1 aliphatic carbocycles. The van der Waals surface area contributed by atoms with Crippen LogP contribution in [0.4, 0.5) is 10.1 Å². The zero-order chi connectivity index (χ0) is 17.6. The SMILES string of the molecule is N#Cc1c(N)c(C#N)c2c(c1-c1ccc(F)cc1)Cc1ccccc1-2. The van der Waals surface area contributed by atoms with Crippen LogP contribution in [-0.4, -0.2) is 0 Å². The highest BCUT2D eigenvalue weighted by atomic mass is 19.1. The fraction of sp³-hybridized carbons (Fsp3) is 0.0476. The largest absolute Gasteiger partial charge is 0.397 e. The quantitative estimate of drug-likeness (QED) is 0.527. The van der Waals surface area contributed by atoms with Gasteiger partial charge in [-0.2, -0.15) is 10.5 Å². The van der Waals surface area contributed by atoms with E-state index in [0.29, 0.717) is 17.5 Å². The lowest BCUT2D eigenvalue weighted by molar-refractivity contribution is 0.628. The van der Waals surface area contributed by atoms with E-state index in [1.165, 1.54) is 12.1 Å². The van der Waals surface area contributed by atoms with Gasteiger partial charge in [0.1, 0.15) is 18.0 Å². The standard InChI is InChI=1S/C21H12FN3/c22-14-7-5-12(6-8-14)19-16-9-13-3-1-2-4-15(13)20(16)18(11-24)21(25)17(19)10-23/h1-8H,9,25H2. The molecule has 0 radical (unpaired) electrons. The predicted octanol–water partition coefficient (Wildman–Crippen LogP) is 4.39. The molecule has 0 atom stereocenters. The van der Waals surface area contributed by atoms with E-state index in [1.807, 2.05) is 24.3 Å². The van der Waals surface area contributed by atoms with E-state index in [2.05, 4.69) is 12.1 Å². The van der Waals surface area contributed by atoms with Crippen LogP contribution in [-0.2, 0) is 6.42 Å². The van der Waals surface area contributed by atoms with Crippen LogP contribution >= 0.6 is 0 Å². The number of nitrogens with zero attached hydrogens (tertiary/aromatic N) is 2. The maximum Gasteiger partial charge on any atom is 0.123 e. The molecule has 3 aromatic carbocycles. The second kappa shape index (κ2) is 5.47. The van der Waals surface area contributed by atoms with Gasteiger partial charge in [-0.05, 0) is 40.8 Å². The van der Waals surface area contributed by atoms with Crippen LogP contribution < -0.4 is 5.73 Å². The summed E-state index contributed by atoms with van der Waals surface area (Å²) in [4.78, 5) is 0. The van der Waals surface area contributed by atoms with Gasteiger partial charge in [-0.1, -0.05) is 36.4 Å². The number of nitrogens with two attached hydrogens (primary N) is 1. The molecule has 0 aliphatic heterocycles. The fourth-order valence-electron chi connectivity index (χ4n) is 3.57. The summed E-state index contributed by atoms with van der Waals surface area (Å²) >= 11 is 0. The predicted molar refractivity (Wildman–Crippen MR) is 93.9 cm³/mol. The molecular weight excluding hydrogens is 313 g/mol. The maximum absolute atomic E-state index is 13.3. The number of anilines is 1. The van der Waals surface area contributed by atoms with Gasteiger partial charge in [0, 0.05) is 11.1 Å². The van der Waals surface area contributed by atoms with E-state index in [9.17, 15) is 14.9 Å². The fourth-order valence-corrected chi connectivity index (χ4v) is 3.57. The third-order valence-corrected chi connectivity index (χ3v) is 4.65. The number of halogens is 1. The molecule has 3 aromatic rings. The van der Waals surface area contributed by atoms with Crippen molar-refractivity contribution in [3.8, 4) is 34.4 Å². The van der Waals surface area contributed by atoms with Crippen LogP contribution in [0, 0.1) is 28.5 Å². The van der Waals surface area contributed by atoms with Crippen molar-refractivity contribution in [1.82, 2.24) is 0 Å². The second-order valence-electron chi connectivity index (χ2n) is 5.96. The second-order valence-corrected chi connectivity index (χ2v) is 5.96. The molecule has 4 heteroatoms. The molecule has 0 bridgehead atoms. The lowest BCUT2D eigenvalue weighted by atomic mass is 9.87. The number of nitrogen functional groups attached to an aromatic ring is 1. The van der Waals surface area contributed by atoms with Gasteiger partial charge in [0.15, 0.2) is 0 Å². The molecule has 0 spiro atoms. The monoisotopic (exact) mass is 325 g/mol. The Balaban J connectivity index is 2.14. The number of fused-ring (bicyclic) bond motifs is 3. The lowest BCUT2D eigenvalue weighted by Crippen LogP contribution is -2.03. The number of hydrogen-bond donors (Lipinski definition) is 1. The normalized spacial score (nSPS) is 11.3. The van der Waals surface area contributed by atoms with E-state index in [4.69, 9.17) is 5.73 Å². The van der Waals surface area contributed by atoms with Crippen LogP contribution in [0.3, 0.4) is 0 Å². The Morgan fingerprint density at radius 1 is 0.880 bits per heavy atom. The van der Waals surface area contributed by atoms with Crippen LogP contribution in [0.25, 0.3) is 22.3 Å². The average Bonchev–Trinajstić information content (AvgIpc) is 3.01. The van der Waals surface area contributed by atoms with Crippen molar-refractivity contribution < 1.29 is 4.39 Å². The summed E-state index contributed by atoms with van der Waals surface area (Å²) in [6.45, 7) is 0. The minimum Gasteiger partial charge on any atom is -0.397 e. The summed E-state index contributed by atoms with van der Waals surface area (Å²) in [6, 6.07) is 18.1. The third kappa shape index (κ3) is 2.09. The highest BCUT2D eigenvalue weighted by molar-refractivity contribution is 5.96. The summed E-state index contributed by atoms with van der Waals surface area (Å²) in [5.41, 5.74) is 12.1. The van der Waals surface area contributed by atoms with Crippen molar-refractivity contribution in [1.29, 1.82) is 10.5 Å². The molecule has 25 heavy (non-hydrogen) atoms. The molecule has 2 N–H and O–H groups in total. The Labute approximate surface area is 144 Å². The van der Waals surface area contributed by atoms with Crippen molar-refractivity contribution in [3.63, 3.8) is 0 Å². The van der Waals surface area contributed by atoms with E-state index in [0.717, 1.165) is 27.8 Å². The third-order valence-electron chi connectivity index (χ3n) is 4.65. The number of benzene rings is 3. The topological polar surface area (TPSA) is 73.6 Å². The molecule has 0 unspecified atom stereocenters.